The first kappa shape index (κ1) is 16.3. The van der Waals surface area contributed by atoms with Gasteiger partial charge in [-0.05, 0) is 53.1 Å². The van der Waals surface area contributed by atoms with E-state index >= 15 is 0 Å². The highest BCUT2D eigenvalue weighted by atomic mass is 32.2. The SMILES string of the molecule is O=S(=O)(NCc1cccc(-c2ccncc2)c1)c1cccc(F)c1. The van der Waals surface area contributed by atoms with E-state index in [1.165, 1.54) is 18.2 Å². The highest BCUT2D eigenvalue weighted by Gasteiger charge is 2.14. The van der Waals surface area contributed by atoms with Gasteiger partial charge in [0, 0.05) is 18.9 Å². The number of nitrogens with one attached hydrogen (secondary N) is 1. The van der Waals surface area contributed by atoms with Gasteiger partial charge in [-0.2, -0.15) is 0 Å². The van der Waals surface area contributed by atoms with Crippen molar-refractivity contribution in [3.63, 3.8) is 0 Å². The predicted octanol–water partition coefficient (Wildman–Crippen LogP) is 3.37. The molecule has 1 heterocycles. The maximum Gasteiger partial charge on any atom is 0.240 e. The molecule has 0 bridgehead atoms. The van der Waals surface area contributed by atoms with Crippen molar-refractivity contribution in [3.8, 4) is 11.1 Å². The van der Waals surface area contributed by atoms with Gasteiger partial charge < -0.3 is 0 Å². The van der Waals surface area contributed by atoms with Gasteiger partial charge in [-0.3, -0.25) is 4.98 Å². The molecule has 0 aliphatic heterocycles. The fraction of sp³-hybridized carbons (Fsp3) is 0.0556. The number of hydrogen-bond donors (Lipinski definition) is 1. The molecule has 0 atom stereocenters. The first-order valence-corrected chi connectivity index (χ1v) is 8.77. The largest absolute Gasteiger partial charge is 0.265 e. The number of nitrogens with zero attached hydrogens (tertiary/aromatic N) is 1. The summed E-state index contributed by atoms with van der Waals surface area (Å²) < 4.78 is 40.1. The zero-order valence-electron chi connectivity index (χ0n) is 12.7. The van der Waals surface area contributed by atoms with Crippen LogP contribution in [-0.4, -0.2) is 13.4 Å². The van der Waals surface area contributed by atoms with E-state index in [-0.39, 0.29) is 11.4 Å². The van der Waals surface area contributed by atoms with Gasteiger partial charge in [-0.25, -0.2) is 17.5 Å². The molecule has 0 radical (unpaired) electrons. The second-order valence-electron chi connectivity index (χ2n) is 5.22. The summed E-state index contributed by atoms with van der Waals surface area (Å²) in [5.74, 6) is -0.586. The molecular formula is C18H15FN2O2S. The lowest BCUT2D eigenvalue weighted by Crippen LogP contribution is -2.23. The lowest BCUT2D eigenvalue weighted by atomic mass is 10.0. The normalized spacial score (nSPS) is 11.4. The van der Waals surface area contributed by atoms with Gasteiger partial charge in [0.15, 0.2) is 0 Å². The molecule has 122 valence electrons. The van der Waals surface area contributed by atoms with Gasteiger partial charge in [0.2, 0.25) is 10.0 Å². The van der Waals surface area contributed by atoms with Gasteiger partial charge in [0.1, 0.15) is 5.82 Å². The third-order valence-corrected chi connectivity index (χ3v) is 4.91. The lowest BCUT2D eigenvalue weighted by molar-refractivity contribution is 0.577. The molecule has 0 amide bonds. The zero-order valence-corrected chi connectivity index (χ0v) is 13.5. The summed E-state index contributed by atoms with van der Waals surface area (Å²) in [4.78, 5) is 3.89. The van der Waals surface area contributed by atoms with E-state index in [4.69, 9.17) is 0 Å². The number of aromatic nitrogens is 1. The van der Waals surface area contributed by atoms with Crippen LogP contribution in [0.4, 0.5) is 4.39 Å². The third kappa shape index (κ3) is 3.84. The molecular weight excluding hydrogens is 327 g/mol. The molecule has 3 rings (SSSR count). The zero-order chi connectivity index (χ0) is 17.0. The number of sulfonamides is 1. The van der Waals surface area contributed by atoms with Crippen molar-refractivity contribution < 1.29 is 12.8 Å². The fourth-order valence-corrected chi connectivity index (χ4v) is 3.35. The van der Waals surface area contributed by atoms with Crippen LogP contribution >= 0.6 is 0 Å². The van der Waals surface area contributed by atoms with E-state index in [2.05, 4.69) is 9.71 Å². The quantitative estimate of drug-likeness (QED) is 0.773. The molecule has 0 spiro atoms. The van der Waals surface area contributed by atoms with Crippen molar-refractivity contribution in [2.75, 3.05) is 0 Å². The van der Waals surface area contributed by atoms with Crippen LogP contribution in [0, 0.1) is 5.82 Å². The molecule has 2 aromatic carbocycles. The van der Waals surface area contributed by atoms with E-state index < -0.39 is 15.8 Å². The summed E-state index contributed by atoms with van der Waals surface area (Å²) in [6.07, 6.45) is 3.41. The molecule has 0 aliphatic rings. The second kappa shape index (κ2) is 6.90. The van der Waals surface area contributed by atoms with Gasteiger partial charge in [0.05, 0.1) is 4.90 Å². The molecule has 0 unspecified atom stereocenters. The van der Waals surface area contributed by atoms with Crippen molar-refractivity contribution in [2.45, 2.75) is 11.4 Å². The van der Waals surface area contributed by atoms with Crippen LogP contribution < -0.4 is 4.72 Å². The number of hydrogen-bond acceptors (Lipinski definition) is 3. The van der Waals surface area contributed by atoms with Crippen molar-refractivity contribution in [1.29, 1.82) is 0 Å². The van der Waals surface area contributed by atoms with E-state index in [9.17, 15) is 12.8 Å². The van der Waals surface area contributed by atoms with E-state index in [0.717, 1.165) is 22.8 Å². The van der Waals surface area contributed by atoms with Crippen LogP contribution in [0.2, 0.25) is 0 Å². The molecule has 4 nitrogen and oxygen atoms in total. The van der Waals surface area contributed by atoms with Crippen LogP contribution in [0.15, 0.2) is 78.0 Å². The predicted molar refractivity (Wildman–Crippen MR) is 90.1 cm³/mol. The molecule has 0 aliphatic carbocycles. The summed E-state index contributed by atoms with van der Waals surface area (Å²) in [7, 11) is -3.76. The maximum absolute atomic E-state index is 13.2. The molecule has 24 heavy (non-hydrogen) atoms. The first-order chi connectivity index (χ1) is 11.5. The van der Waals surface area contributed by atoms with E-state index in [0.29, 0.717) is 0 Å². The smallest absolute Gasteiger partial charge is 0.240 e. The lowest BCUT2D eigenvalue weighted by Gasteiger charge is -2.08. The summed E-state index contributed by atoms with van der Waals surface area (Å²) in [5, 5.41) is 0. The molecule has 6 heteroatoms. The van der Waals surface area contributed by atoms with Crippen molar-refractivity contribution in [1.82, 2.24) is 9.71 Å². The number of rotatable bonds is 5. The minimum absolute atomic E-state index is 0.0900. The second-order valence-corrected chi connectivity index (χ2v) is 6.99. The Kier molecular flexibility index (Phi) is 4.69. The first-order valence-electron chi connectivity index (χ1n) is 7.29. The monoisotopic (exact) mass is 342 g/mol. The minimum Gasteiger partial charge on any atom is -0.265 e. The Labute approximate surface area is 140 Å². The molecule has 1 aromatic heterocycles. The topological polar surface area (TPSA) is 59.1 Å². The van der Waals surface area contributed by atoms with Crippen molar-refractivity contribution in [3.05, 3.63) is 84.4 Å². The third-order valence-electron chi connectivity index (χ3n) is 3.51. The Morgan fingerprint density at radius 3 is 2.42 bits per heavy atom. The Balaban J connectivity index is 1.78. The van der Waals surface area contributed by atoms with Gasteiger partial charge in [-0.15, -0.1) is 0 Å². The Bertz CT molecular complexity index is 944. The Hall–Kier alpha value is -2.57. The number of pyridine rings is 1. The van der Waals surface area contributed by atoms with Gasteiger partial charge in [0.25, 0.3) is 0 Å². The summed E-state index contributed by atoms with van der Waals surface area (Å²) in [6, 6.07) is 16.2. The molecule has 0 fully saturated rings. The van der Waals surface area contributed by atoms with Crippen molar-refractivity contribution in [2.24, 2.45) is 0 Å². The number of benzene rings is 2. The summed E-state index contributed by atoms with van der Waals surface area (Å²) in [5.41, 5.74) is 2.78. The standard InChI is InChI=1S/C18H15FN2O2S/c19-17-5-2-6-18(12-17)24(22,23)21-13-14-3-1-4-16(11-14)15-7-9-20-10-8-15/h1-12,21H,13H2. The average molecular weight is 342 g/mol. The highest BCUT2D eigenvalue weighted by molar-refractivity contribution is 7.89. The highest BCUT2D eigenvalue weighted by Crippen LogP contribution is 2.20. The molecule has 3 aromatic rings. The Morgan fingerprint density at radius 1 is 0.917 bits per heavy atom. The van der Waals surface area contributed by atoms with Crippen LogP contribution in [0.1, 0.15) is 5.56 Å². The van der Waals surface area contributed by atoms with Crippen LogP contribution in [0.5, 0.6) is 0 Å². The minimum atomic E-state index is -3.76. The van der Waals surface area contributed by atoms with Gasteiger partial charge in [-0.1, -0.05) is 24.3 Å². The molecule has 0 saturated carbocycles. The van der Waals surface area contributed by atoms with Crippen LogP contribution in [-0.2, 0) is 16.6 Å². The van der Waals surface area contributed by atoms with Crippen LogP contribution in [0.3, 0.4) is 0 Å². The fourth-order valence-electron chi connectivity index (χ4n) is 2.30. The summed E-state index contributed by atoms with van der Waals surface area (Å²) in [6.45, 7) is 0.123. The maximum atomic E-state index is 13.2. The summed E-state index contributed by atoms with van der Waals surface area (Å²) >= 11 is 0. The van der Waals surface area contributed by atoms with E-state index in [1.54, 1.807) is 12.4 Å². The number of halogens is 1. The van der Waals surface area contributed by atoms with Crippen LogP contribution in [0.25, 0.3) is 11.1 Å². The molecule has 0 saturated heterocycles. The molecule has 1 N–H and O–H groups in total. The average Bonchev–Trinajstić information content (AvgIpc) is 2.61. The van der Waals surface area contributed by atoms with E-state index in [1.807, 2.05) is 36.4 Å². The van der Waals surface area contributed by atoms with Gasteiger partial charge >= 0.3 is 0 Å². The Morgan fingerprint density at radius 2 is 1.67 bits per heavy atom. The van der Waals surface area contributed by atoms with Crippen molar-refractivity contribution >= 4 is 10.0 Å².